The summed E-state index contributed by atoms with van der Waals surface area (Å²) in [6, 6.07) is 2.02. The number of hydrogen-bond acceptors (Lipinski definition) is 3. The monoisotopic (exact) mass is 142 g/mol. The van der Waals surface area contributed by atoms with Gasteiger partial charge in [0.1, 0.15) is 0 Å². The van der Waals surface area contributed by atoms with Gasteiger partial charge in [0.25, 0.3) is 0 Å². The molecule has 1 atom stereocenters. The predicted molar refractivity (Wildman–Crippen MR) is 39.3 cm³/mol. The Morgan fingerprint density at radius 3 is 2.50 bits per heavy atom. The summed E-state index contributed by atoms with van der Waals surface area (Å²) in [5.74, 6) is 0.373. The second-order valence-electron chi connectivity index (χ2n) is 2.57. The molecule has 3 nitrogen and oxygen atoms in total. The minimum absolute atomic E-state index is 0.0552. The molecule has 10 heavy (non-hydrogen) atoms. The van der Waals surface area contributed by atoms with Crippen molar-refractivity contribution in [3.63, 3.8) is 0 Å². The third-order valence-corrected chi connectivity index (χ3v) is 1.44. The van der Waals surface area contributed by atoms with Gasteiger partial charge in [0.15, 0.2) is 0 Å². The molecule has 58 valence electrons. The van der Waals surface area contributed by atoms with Crippen molar-refractivity contribution in [3.8, 4) is 6.07 Å². The lowest BCUT2D eigenvalue weighted by molar-refractivity contribution is 0.215. The topological polar surface area (TPSA) is 56.0 Å². The van der Waals surface area contributed by atoms with Crippen LogP contribution in [0.15, 0.2) is 0 Å². The van der Waals surface area contributed by atoms with Gasteiger partial charge in [0, 0.05) is 6.04 Å². The highest BCUT2D eigenvalue weighted by Crippen LogP contribution is 1.98. The lowest BCUT2D eigenvalue weighted by atomic mass is 10.1. The van der Waals surface area contributed by atoms with Crippen molar-refractivity contribution in [1.82, 2.24) is 5.32 Å². The number of nitriles is 1. The van der Waals surface area contributed by atoms with Gasteiger partial charge in [-0.25, -0.2) is 0 Å². The Bertz CT molecular complexity index is 117. The maximum Gasteiger partial charge on any atom is 0.0843 e. The second-order valence-corrected chi connectivity index (χ2v) is 2.57. The molecule has 0 spiro atoms. The molecule has 0 aromatic rings. The summed E-state index contributed by atoms with van der Waals surface area (Å²) in [6.45, 7) is 4.42. The van der Waals surface area contributed by atoms with Gasteiger partial charge in [0.05, 0.1) is 19.2 Å². The molecule has 0 aliphatic heterocycles. The highest BCUT2D eigenvalue weighted by Gasteiger charge is 2.09. The van der Waals surface area contributed by atoms with Crippen molar-refractivity contribution in [2.45, 2.75) is 19.9 Å². The van der Waals surface area contributed by atoms with E-state index < -0.39 is 0 Å². The first-order chi connectivity index (χ1) is 4.72. The normalized spacial score (nSPS) is 13.1. The van der Waals surface area contributed by atoms with Crippen molar-refractivity contribution < 1.29 is 5.11 Å². The Labute approximate surface area is 61.7 Å². The standard InChI is InChI=1S/C7H14N2O/c1-6(2)7(5-10)9-4-3-8/h6-7,9-10H,4-5H2,1-2H3/t7-/m1/s1. The number of aliphatic hydroxyl groups excluding tert-OH is 1. The van der Waals surface area contributed by atoms with Crippen molar-refractivity contribution >= 4 is 0 Å². The Balaban J connectivity index is 3.52. The highest BCUT2D eigenvalue weighted by molar-refractivity contribution is 4.78. The quantitative estimate of drug-likeness (QED) is 0.548. The van der Waals surface area contributed by atoms with Crippen LogP contribution >= 0.6 is 0 Å². The molecule has 0 heterocycles. The number of nitrogens with one attached hydrogen (secondary N) is 1. The maximum atomic E-state index is 8.75. The molecule has 0 aliphatic carbocycles. The first-order valence-electron chi connectivity index (χ1n) is 3.43. The van der Waals surface area contributed by atoms with Crippen molar-refractivity contribution in [2.24, 2.45) is 5.92 Å². The third kappa shape index (κ3) is 3.44. The minimum Gasteiger partial charge on any atom is -0.395 e. The van der Waals surface area contributed by atoms with E-state index in [0.29, 0.717) is 12.5 Å². The maximum absolute atomic E-state index is 8.75. The first-order valence-corrected chi connectivity index (χ1v) is 3.43. The van der Waals surface area contributed by atoms with Crippen LogP contribution in [0.25, 0.3) is 0 Å². The molecule has 0 fully saturated rings. The van der Waals surface area contributed by atoms with Crippen LogP contribution in [0.3, 0.4) is 0 Å². The zero-order valence-electron chi connectivity index (χ0n) is 6.46. The molecule has 3 heteroatoms. The molecular weight excluding hydrogens is 128 g/mol. The molecule has 0 aromatic carbocycles. The highest BCUT2D eigenvalue weighted by atomic mass is 16.3. The van der Waals surface area contributed by atoms with Crippen LogP contribution < -0.4 is 5.32 Å². The molecule has 0 radical (unpaired) electrons. The second kappa shape index (κ2) is 5.21. The van der Waals surface area contributed by atoms with Crippen molar-refractivity contribution in [3.05, 3.63) is 0 Å². The smallest absolute Gasteiger partial charge is 0.0843 e. The Morgan fingerprint density at radius 2 is 2.20 bits per heavy atom. The zero-order chi connectivity index (χ0) is 7.98. The lowest BCUT2D eigenvalue weighted by Crippen LogP contribution is -2.37. The van der Waals surface area contributed by atoms with Gasteiger partial charge in [-0.05, 0) is 5.92 Å². The Morgan fingerprint density at radius 1 is 1.60 bits per heavy atom. The van der Waals surface area contributed by atoms with Crippen molar-refractivity contribution in [1.29, 1.82) is 5.26 Å². The van der Waals surface area contributed by atoms with E-state index in [4.69, 9.17) is 10.4 Å². The van der Waals surface area contributed by atoms with E-state index in [0.717, 1.165) is 0 Å². The van der Waals surface area contributed by atoms with E-state index in [2.05, 4.69) is 5.32 Å². The molecule has 0 rings (SSSR count). The van der Waals surface area contributed by atoms with E-state index in [1.165, 1.54) is 0 Å². The van der Waals surface area contributed by atoms with Gasteiger partial charge in [-0.15, -0.1) is 0 Å². The van der Waals surface area contributed by atoms with Crippen molar-refractivity contribution in [2.75, 3.05) is 13.2 Å². The van der Waals surface area contributed by atoms with E-state index in [-0.39, 0.29) is 12.6 Å². The van der Waals surface area contributed by atoms with Crippen LogP contribution in [0.2, 0.25) is 0 Å². The molecule has 0 bridgehead atoms. The number of nitrogens with zero attached hydrogens (tertiary/aromatic N) is 1. The molecule has 0 aromatic heterocycles. The summed E-state index contributed by atoms with van der Waals surface area (Å²) in [5.41, 5.74) is 0. The number of rotatable bonds is 4. The average molecular weight is 142 g/mol. The first kappa shape index (κ1) is 9.41. The fourth-order valence-electron chi connectivity index (χ4n) is 0.688. The summed E-state index contributed by atoms with van der Waals surface area (Å²) < 4.78 is 0. The summed E-state index contributed by atoms with van der Waals surface area (Å²) in [4.78, 5) is 0. The number of aliphatic hydroxyl groups is 1. The van der Waals surface area contributed by atoms with Gasteiger partial charge in [-0.3, -0.25) is 5.32 Å². The van der Waals surface area contributed by atoms with Crippen LogP contribution in [0.5, 0.6) is 0 Å². The largest absolute Gasteiger partial charge is 0.395 e. The van der Waals surface area contributed by atoms with Crippen LogP contribution in [0.4, 0.5) is 0 Å². The summed E-state index contributed by atoms with van der Waals surface area (Å²) >= 11 is 0. The minimum atomic E-state index is 0.0552. The Kier molecular flexibility index (Phi) is 4.91. The van der Waals surface area contributed by atoms with Gasteiger partial charge < -0.3 is 5.11 Å². The molecule has 2 N–H and O–H groups in total. The zero-order valence-corrected chi connectivity index (χ0v) is 6.46. The fraction of sp³-hybridized carbons (Fsp3) is 0.857. The van der Waals surface area contributed by atoms with Gasteiger partial charge in [0.2, 0.25) is 0 Å². The summed E-state index contributed by atoms with van der Waals surface area (Å²) in [5, 5.41) is 19.9. The van der Waals surface area contributed by atoms with E-state index in [1.54, 1.807) is 0 Å². The van der Waals surface area contributed by atoms with Crippen LogP contribution in [-0.2, 0) is 0 Å². The lowest BCUT2D eigenvalue weighted by Gasteiger charge is -2.17. The predicted octanol–water partition coefficient (Wildman–Crippen LogP) is 0.116. The third-order valence-electron chi connectivity index (χ3n) is 1.44. The van der Waals surface area contributed by atoms with Crippen LogP contribution in [0, 0.1) is 17.2 Å². The van der Waals surface area contributed by atoms with Crippen LogP contribution in [0.1, 0.15) is 13.8 Å². The van der Waals surface area contributed by atoms with E-state index in [9.17, 15) is 0 Å². The summed E-state index contributed by atoms with van der Waals surface area (Å²) in [6.07, 6.45) is 0. The molecule has 0 saturated heterocycles. The molecule has 0 unspecified atom stereocenters. The SMILES string of the molecule is CC(C)[C@@H](CO)NCC#N. The number of hydrogen-bond donors (Lipinski definition) is 2. The summed E-state index contributed by atoms with van der Waals surface area (Å²) in [7, 11) is 0. The molecule has 0 saturated carbocycles. The Hall–Kier alpha value is -0.590. The average Bonchev–Trinajstić information content (AvgIpc) is 1.89. The van der Waals surface area contributed by atoms with E-state index in [1.807, 2.05) is 19.9 Å². The van der Waals surface area contributed by atoms with E-state index >= 15 is 0 Å². The van der Waals surface area contributed by atoms with Gasteiger partial charge in [-0.1, -0.05) is 13.8 Å². The van der Waals surface area contributed by atoms with Crippen LogP contribution in [-0.4, -0.2) is 24.3 Å². The fourth-order valence-corrected chi connectivity index (χ4v) is 0.688. The van der Waals surface area contributed by atoms with Gasteiger partial charge >= 0.3 is 0 Å². The molecule has 0 amide bonds. The molecular formula is C7H14N2O. The molecule has 0 aliphatic rings. The van der Waals surface area contributed by atoms with Gasteiger partial charge in [-0.2, -0.15) is 5.26 Å².